The first-order valence-electron chi connectivity index (χ1n) is 46.4. The minimum atomic E-state index is 0.130. The Morgan fingerprint density at radius 3 is 1.06 bits per heavy atom. The van der Waals surface area contributed by atoms with Crippen LogP contribution >= 0.6 is 38.6 Å². The van der Waals surface area contributed by atoms with Gasteiger partial charge in [0.1, 0.15) is 47.0 Å². The zero-order chi connectivity index (χ0) is 78.6. The first kappa shape index (κ1) is 87.2. The van der Waals surface area contributed by atoms with E-state index in [1.165, 1.54) is 279 Å². The largest absolute Gasteiger partial charge is 0.299 e. The Morgan fingerprint density at radius 2 is 0.723 bits per heavy atom. The van der Waals surface area contributed by atoms with E-state index < -0.39 is 0 Å². The van der Waals surface area contributed by atoms with Crippen molar-refractivity contribution in [2.45, 2.75) is 367 Å². The lowest BCUT2D eigenvalue weighted by atomic mass is 9.53. The van der Waals surface area contributed by atoms with Crippen molar-refractivity contribution in [3.05, 3.63) is 136 Å². The summed E-state index contributed by atoms with van der Waals surface area (Å²) in [6, 6.07) is 30.9. The molecular weight excluding hydrogens is 1470 g/mol. The lowest BCUT2D eigenvalue weighted by Gasteiger charge is -2.50. The zero-order valence-electron chi connectivity index (χ0n) is 70.0. The second-order valence-corrected chi connectivity index (χ2v) is 38.8. The summed E-state index contributed by atoms with van der Waals surface area (Å²) in [6.07, 6.45) is 62.9. The van der Waals surface area contributed by atoms with E-state index in [2.05, 4.69) is 140 Å². The van der Waals surface area contributed by atoms with Crippen LogP contribution in [-0.4, -0.2) is 11.6 Å². The van der Waals surface area contributed by atoms with Crippen molar-refractivity contribution in [1.29, 1.82) is 21.0 Å². The van der Waals surface area contributed by atoms with E-state index in [4.69, 9.17) is 0 Å². The van der Waals surface area contributed by atoms with Crippen LogP contribution in [0.3, 0.4) is 0 Å². The minimum absolute atomic E-state index is 0.130. The summed E-state index contributed by atoms with van der Waals surface area (Å²) in [5, 5.41) is 46.4. The van der Waals surface area contributed by atoms with Crippen LogP contribution in [0.5, 0.6) is 0 Å². The summed E-state index contributed by atoms with van der Waals surface area (Å²) < 4.78 is 0.898. The normalized spacial score (nSPS) is 22.8. The van der Waals surface area contributed by atoms with Crippen LogP contribution in [0.2, 0.25) is 0 Å². The van der Waals surface area contributed by atoms with Gasteiger partial charge in [0, 0.05) is 49.0 Å². The van der Waals surface area contributed by atoms with Crippen LogP contribution in [0.15, 0.2) is 87.0 Å². The first-order valence-corrected chi connectivity index (χ1v) is 49.0. The van der Waals surface area contributed by atoms with Crippen LogP contribution in [0.1, 0.15) is 396 Å². The van der Waals surface area contributed by atoms with E-state index in [1.54, 1.807) is 0 Å². The number of carbonyl (C=O) groups excluding carboxylic acids is 2. The lowest BCUT2D eigenvalue weighted by Crippen LogP contribution is -2.48. The standard InChI is InChI=1S/C52H80O2S2.C51H59BrN4/c1-3-5-7-9-11-13-15-17-19-21-25-41-47-39-31-29-37(45-27-23-33-55-45)35-43(39)52(54)50(47)42(26-22-20-18-16-14-12-10-8-6-4-2)48-40-32-30-38(46-28-24-34-56-46)36-44(40)51(53)49(41)48;1-4-6-8-10-12-14-16-18-20-22-24-42-48-40-28-26-36(3)30-44(40)46(37(32-53)33-54)50(48)43(25-23-21-19-17-15-13-11-9-7-5-2)49-41-29-27-39(52)31-45(41)47(51(42)49)38(34-55)35-56/h23-24,27-28,33-34,37-44,47-50H,3-22,25-26,29-32,35-36H2,1-2H3;26-31H,4-25H2,1-3H3. The number of halogens is 1. The zero-order valence-corrected chi connectivity index (χ0v) is 73.2. The fourth-order valence-corrected chi connectivity index (χ4v) is 25.3. The number of allylic oxidation sites excluding steroid dienone is 2. The van der Waals surface area contributed by atoms with Crippen LogP contribution < -0.4 is 0 Å². The molecule has 7 aliphatic rings. The maximum Gasteiger partial charge on any atom is 0.139 e. The molecule has 0 saturated heterocycles. The van der Waals surface area contributed by atoms with Gasteiger partial charge in [0.15, 0.2) is 0 Å². The van der Waals surface area contributed by atoms with Gasteiger partial charge in [0.2, 0.25) is 0 Å². The molecule has 5 fully saturated rings. The molecule has 3 aromatic carbocycles. The van der Waals surface area contributed by atoms with Crippen molar-refractivity contribution >= 4 is 61.3 Å². The summed E-state index contributed by atoms with van der Waals surface area (Å²) >= 11 is 7.52. The predicted molar refractivity (Wildman–Crippen MR) is 475 cm³/mol. The molecule has 6 nitrogen and oxygen atoms in total. The van der Waals surface area contributed by atoms with E-state index in [1.807, 2.05) is 28.7 Å². The third kappa shape index (κ3) is 21.4. The number of hydrogen-bond donors (Lipinski definition) is 0. The smallest absolute Gasteiger partial charge is 0.139 e. The fourth-order valence-electron chi connectivity index (χ4n) is 23.2. The van der Waals surface area contributed by atoms with Crippen LogP contribution in [-0.2, 0) is 22.4 Å². The summed E-state index contributed by atoms with van der Waals surface area (Å²) in [5.41, 5.74) is 13.2. The van der Waals surface area contributed by atoms with Crippen LogP contribution in [0.4, 0.5) is 0 Å². The summed E-state index contributed by atoms with van der Waals surface area (Å²) in [7, 11) is 0. The average molecular weight is 1610 g/mol. The van der Waals surface area contributed by atoms with Gasteiger partial charge in [-0.2, -0.15) is 21.0 Å². The third-order valence-corrected chi connectivity index (χ3v) is 31.1. The number of nitrogens with zero attached hydrogens (tertiary/aromatic N) is 4. The molecule has 12 rings (SSSR count). The van der Waals surface area contributed by atoms with Crippen molar-refractivity contribution in [2.24, 2.45) is 59.2 Å². The Morgan fingerprint density at radius 1 is 0.393 bits per heavy atom. The molecule has 12 unspecified atom stereocenters. The SMILES string of the molecule is CCCCCCCCCCCCC1C2C(=O)C3CC(c4cccs4)CCC3C2C(CCCCCCCCCCCC)C2C(=O)C3CC(c4cccs4)CCC3C12.CCCCCCCCCCCCc1c2c(c(CCCCCCCCCCCC)c3c1-c1ccc(C)cc1C3=C(C#N)C#N)-c1ccc(Br)cc1C2=C(C#N)C#N. The van der Waals surface area contributed by atoms with Crippen molar-refractivity contribution < 1.29 is 9.59 Å². The Hall–Kier alpha value is -5.68. The third-order valence-electron chi connectivity index (χ3n) is 28.5. The molecule has 0 aliphatic heterocycles. The summed E-state index contributed by atoms with van der Waals surface area (Å²) in [6.45, 7) is 11.2. The highest BCUT2D eigenvalue weighted by Crippen LogP contribution is 2.68. The molecule has 7 aliphatic carbocycles. The molecule has 2 aromatic heterocycles. The summed E-state index contributed by atoms with van der Waals surface area (Å²) in [5.74, 6) is 6.21. The Bertz CT molecular complexity index is 3760. The number of nitriles is 4. The molecule has 5 saturated carbocycles. The van der Waals surface area contributed by atoms with Crippen molar-refractivity contribution in [3.63, 3.8) is 0 Å². The first-order chi connectivity index (χ1) is 55.1. The van der Waals surface area contributed by atoms with Gasteiger partial charge in [-0.15, -0.1) is 22.7 Å². The molecule has 9 heteroatoms. The molecule has 12 atom stereocenters. The van der Waals surface area contributed by atoms with Gasteiger partial charge >= 0.3 is 0 Å². The van der Waals surface area contributed by atoms with Gasteiger partial charge in [0.05, 0.1) is 0 Å². The molecule has 602 valence electrons. The van der Waals surface area contributed by atoms with E-state index in [0.717, 1.165) is 128 Å². The van der Waals surface area contributed by atoms with Crippen LogP contribution in [0, 0.1) is 111 Å². The molecule has 2 heterocycles. The van der Waals surface area contributed by atoms with E-state index >= 15 is 9.59 Å². The highest BCUT2D eigenvalue weighted by atomic mass is 79.9. The number of rotatable bonds is 46. The molecule has 0 amide bonds. The van der Waals surface area contributed by atoms with Gasteiger partial charge < -0.3 is 0 Å². The van der Waals surface area contributed by atoms with E-state index in [0.29, 0.717) is 58.9 Å². The van der Waals surface area contributed by atoms with Gasteiger partial charge in [-0.05, 0) is 222 Å². The maximum atomic E-state index is 15.2. The number of hydrogen-bond acceptors (Lipinski definition) is 8. The number of ketones is 2. The number of benzene rings is 3. The Kier molecular flexibility index (Phi) is 35.6. The molecule has 5 aromatic rings. The maximum absolute atomic E-state index is 15.2. The number of fused-ring (bicyclic) bond motifs is 12. The number of aryl methyl sites for hydroxylation is 1. The molecule has 0 N–H and O–H groups in total. The Labute approximate surface area is 695 Å². The lowest BCUT2D eigenvalue weighted by molar-refractivity contribution is -0.136. The highest BCUT2D eigenvalue weighted by molar-refractivity contribution is 9.10. The summed E-state index contributed by atoms with van der Waals surface area (Å²) in [4.78, 5) is 33.5. The molecular formula is C103H139BrN4O2S2. The number of carbonyl (C=O) groups is 2. The Balaban J connectivity index is 0.000000221. The predicted octanol–water partition coefficient (Wildman–Crippen LogP) is 31.4. The fraction of sp³-hybridized carbons (Fsp3) is 0.650. The quantitative estimate of drug-likeness (QED) is 0.0276. The van der Waals surface area contributed by atoms with Gasteiger partial charge in [-0.25, -0.2) is 0 Å². The monoisotopic (exact) mass is 1610 g/mol. The van der Waals surface area contributed by atoms with Gasteiger partial charge in [-0.3, -0.25) is 9.59 Å². The number of unbranched alkanes of at least 4 members (excludes halogenated alkanes) is 36. The highest BCUT2D eigenvalue weighted by Gasteiger charge is 2.68. The minimum Gasteiger partial charge on any atom is -0.299 e. The van der Waals surface area contributed by atoms with Gasteiger partial charge in [0.25, 0.3) is 0 Å². The topological polar surface area (TPSA) is 129 Å². The number of Topliss-reactive ketones (excluding diaryl/α,β-unsaturated/α-hetero) is 2. The molecule has 112 heavy (non-hydrogen) atoms. The van der Waals surface area contributed by atoms with Crippen molar-refractivity contribution in [3.8, 4) is 46.5 Å². The second kappa shape index (κ2) is 45.7. The molecule has 0 radical (unpaired) electrons. The second-order valence-electron chi connectivity index (χ2n) is 35.9. The van der Waals surface area contributed by atoms with Crippen molar-refractivity contribution in [2.75, 3.05) is 0 Å². The molecule has 0 bridgehead atoms. The van der Waals surface area contributed by atoms with E-state index in [9.17, 15) is 21.0 Å². The van der Waals surface area contributed by atoms with Gasteiger partial charge in [-0.1, -0.05) is 330 Å². The molecule has 0 spiro atoms. The van der Waals surface area contributed by atoms with Crippen molar-refractivity contribution in [1.82, 2.24) is 0 Å². The number of thiophene rings is 2. The van der Waals surface area contributed by atoms with Crippen LogP contribution in [0.25, 0.3) is 33.4 Å². The van der Waals surface area contributed by atoms with E-state index in [-0.39, 0.29) is 34.8 Å². The average Bonchev–Trinajstić information content (AvgIpc) is 1.54.